The van der Waals surface area contributed by atoms with E-state index < -0.39 is 6.10 Å². The van der Waals surface area contributed by atoms with E-state index in [9.17, 15) is 5.11 Å². The van der Waals surface area contributed by atoms with Crippen molar-refractivity contribution in [1.82, 2.24) is 0 Å². The normalized spacial score (nSPS) is 28.5. The molecule has 3 nitrogen and oxygen atoms in total. The van der Waals surface area contributed by atoms with Gasteiger partial charge in [0.05, 0.1) is 17.8 Å². The number of aliphatic hydroxyl groups excluding tert-OH is 1. The van der Waals surface area contributed by atoms with E-state index in [-0.39, 0.29) is 6.10 Å². The quantitative estimate of drug-likeness (QED) is 0.794. The molecule has 0 amide bonds. The monoisotopic (exact) mass is 231 g/mol. The number of hydroxylamine groups is 1. The van der Waals surface area contributed by atoms with E-state index in [2.05, 4.69) is 12.2 Å². The Kier molecular flexibility index (Phi) is 2.65. The Balaban J connectivity index is 1.97. The average Bonchev–Trinajstić information content (AvgIpc) is 2.40. The third-order valence-corrected chi connectivity index (χ3v) is 3.47. The lowest BCUT2D eigenvalue weighted by molar-refractivity contribution is 0.00260. The van der Waals surface area contributed by atoms with Crippen molar-refractivity contribution in [2.24, 2.45) is 0 Å². The van der Waals surface area contributed by atoms with E-state index in [1.165, 1.54) is 0 Å². The molecule has 3 unspecified atom stereocenters. The first-order valence-electron chi connectivity index (χ1n) is 6.17. The van der Waals surface area contributed by atoms with Crippen LogP contribution in [0.1, 0.15) is 31.4 Å². The van der Waals surface area contributed by atoms with Crippen LogP contribution in [0.25, 0.3) is 0 Å². The Morgan fingerprint density at radius 2 is 2.12 bits per heavy atom. The molecular weight excluding hydrogens is 214 g/mol. The van der Waals surface area contributed by atoms with Crippen LogP contribution in [-0.4, -0.2) is 17.3 Å². The number of hydrogen-bond donors (Lipinski definition) is 1. The molecule has 2 heterocycles. The molecule has 1 aliphatic carbocycles. The highest BCUT2D eigenvalue weighted by Crippen LogP contribution is 2.35. The summed E-state index contributed by atoms with van der Waals surface area (Å²) in [6.07, 6.45) is 6.27. The number of aliphatic hydroxyl groups is 1. The number of anilines is 1. The van der Waals surface area contributed by atoms with Gasteiger partial charge in [-0.05, 0) is 25.8 Å². The molecular formula is C14H17NO2. The van der Waals surface area contributed by atoms with E-state index in [0.29, 0.717) is 6.04 Å². The van der Waals surface area contributed by atoms with E-state index >= 15 is 0 Å². The minimum absolute atomic E-state index is 0.196. The topological polar surface area (TPSA) is 32.7 Å². The Hall–Kier alpha value is -1.32. The maximum atomic E-state index is 9.81. The van der Waals surface area contributed by atoms with Crippen LogP contribution in [-0.2, 0) is 4.84 Å². The lowest BCUT2D eigenvalue weighted by Crippen LogP contribution is -2.46. The van der Waals surface area contributed by atoms with E-state index in [1.807, 2.05) is 29.3 Å². The summed E-state index contributed by atoms with van der Waals surface area (Å²) in [5.74, 6) is 0. The molecule has 1 aromatic carbocycles. The second kappa shape index (κ2) is 4.17. The maximum absolute atomic E-state index is 9.81. The molecule has 2 bridgehead atoms. The first kappa shape index (κ1) is 10.8. The second-order valence-electron chi connectivity index (χ2n) is 4.73. The van der Waals surface area contributed by atoms with Crippen molar-refractivity contribution in [3.8, 4) is 0 Å². The van der Waals surface area contributed by atoms with Crippen molar-refractivity contribution in [2.75, 3.05) is 5.06 Å². The van der Waals surface area contributed by atoms with Gasteiger partial charge in [0.15, 0.2) is 0 Å². The molecule has 0 aromatic heterocycles. The summed E-state index contributed by atoms with van der Waals surface area (Å²) in [4.78, 5) is 5.90. The van der Waals surface area contributed by atoms with Gasteiger partial charge >= 0.3 is 0 Å². The van der Waals surface area contributed by atoms with Crippen LogP contribution in [0, 0.1) is 0 Å². The van der Waals surface area contributed by atoms with Gasteiger partial charge in [0.2, 0.25) is 0 Å². The predicted octanol–water partition coefficient (Wildman–Crippen LogP) is 2.58. The standard InChI is InChI=1S/C14H17NO2/c1-10(16)13-4-2-3-5-14(13)15-11-6-8-12(17-15)9-7-11/h2-6,8,10-12,16H,7,9H2,1H3. The van der Waals surface area contributed by atoms with Crippen molar-refractivity contribution in [3.05, 3.63) is 42.0 Å². The second-order valence-corrected chi connectivity index (χ2v) is 4.73. The molecule has 1 N–H and O–H groups in total. The van der Waals surface area contributed by atoms with Crippen LogP contribution in [0.15, 0.2) is 36.4 Å². The summed E-state index contributed by atoms with van der Waals surface area (Å²) in [5, 5.41) is 11.8. The summed E-state index contributed by atoms with van der Waals surface area (Å²) in [5.41, 5.74) is 1.91. The zero-order chi connectivity index (χ0) is 11.8. The van der Waals surface area contributed by atoms with Gasteiger partial charge in [0.25, 0.3) is 0 Å². The number of nitrogens with zero attached hydrogens (tertiary/aromatic N) is 1. The predicted molar refractivity (Wildman–Crippen MR) is 66.6 cm³/mol. The van der Waals surface area contributed by atoms with E-state index in [1.54, 1.807) is 6.92 Å². The number of fused-ring (bicyclic) bond motifs is 2. The van der Waals surface area contributed by atoms with Gasteiger partial charge in [0.1, 0.15) is 6.10 Å². The number of benzene rings is 1. The highest BCUT2D eigenvalue weighted by Gasteiger charge is 2.32. The highest BCUT2D eigenvalue weighted by molar-refractivity contribution is 5.54. The maximum Gasteiger partial charge on any atom is 0.104 e. The fraction of sp³-hybridized carbons (Fsp3) is 0.429. The van der Waals surface area contributed by atoms with Crippen molar-refractivity contribution in [3.63, 3.8) is 0 Å². The van der Waals surface area contributed by atoms with Crippen LogP contribution in [0.5, 0.6) is 0 Å². The molecule has 2 aliphatic heterocycles. The van der Waals surface area contributed by atoms with Crippen molar-refractivity contribution < 1.29 is 9.94 Å². The molecule has 4 rings (SSSR count). The molecule has 17 heavy (non-hydrogen) atoms. The molecule has 1 fully saturated rings. The van der Waals surface area contributed by atoms with Gasteiger partial charge in [-0.15, -0.1) is 0 Å². The number of para-hydroxylation sites is 1. The smallest absolute Gasteiger partial charge is 0.104 e. The molecule has 1 saturated heterocycles. The van der Waals surface area contributed by atoms with Crippen molar-refractivity contribution in [2.45, 2.75) is 38.0 Å². The van der Waals surface area contributed by atoms with Crippen LogP contribution in [0.3, 0.4) is 0 Å². The Labute approximate surface area is 101 Å². The van der Waals surface area contributed by atoms with Gasteiger partial charge in [-0.2, -0.15) is 0 Å². The van der Waals surface area contributed by atoms with E-state index in [0.717, 1.165) is 24.1 Å². The zero-order valence-electron chi connectivity index (χ0n) is 9.91. The summed E-state index contributed by atoms with van der Waals surface area (Å²) >= 11 is 0. The molecule has 0 spiro atoms. The zero-order valence-corrected chi connectivity index (χ0v) is 9.91. The Morgan fingerprint density at radius 3 is 2.71 bits per heavy atom. The largest absolute Gasteiger partial charge is 0.389 e. The Bertz CT molecular complexity index is 442. The minimum Gasteiger partial charge on any atom is -0.389 e. The summed E-state index contributed by atoms with van der Waals surface area (Å²) in [7, 11) is 0. The number of hydrogen-bond acceptors (Lipinski definition) is 3. The van der Waals surface area contributed by atoms with Gasteiger partial charge in [-0.3, -0.25) is 4.84 Å². The average molecular weight is 231 g/mol. The Morgan fingerprint density at radius 1 is 1.29 bits per heavy atom. The SMILES string of the molecule is CC(O)c1ccccc1N1OC2C=CC1CC2. The van der Waals surface area contributed by atoms with Crippen LogP contribution >= 0.6 is 0 Å². The molecule has 3 atom stereocenters. The third kappa shape index (κ3) is 1.85. The van der Waals surface area contributed by atoms with Gasteiger partial charge in [0, 0.05) is 5.56 Å². The third-order valence-electron chi connectivity index (χ3n) is 3.47. The lowest BCUT2D eigenvalue weighted by Gasteiger charge is -2.42. The van der Waals surface area contributed by atoms with Crippen molar-refractivity contribution >= 4 is 5.69 Å². The van der Waals surface area contributed by atoms with Gasteiger partial charge in [-0.1, -0.05) is 30.4 Å². The molecule has 3 aliphatic rings. The summed E-state index contributed by atoms with van der Waals surface area (Å²) in [6.45, 7) is 1.79. The molecule has 3 heteroatoms. The van der Waals surface area contributed by atoms with Crippen LogP contribution in [0.2, 0.25) is 0 Å². The highest BCUT2D eigenvalue weighted by atomic mass is 16.7. The fourth-order valence-electron chi connectivity index (χ4n) is 2.56. The van der Waals surface area contributed by atoms with Crippen LogP contribution < -0.4 is 5.06 Å². The molecule has 0 saturated carbocycles. The summed E-state index contributed by atoms with van der Waals surface area (Å²) in [6, 6.07) is 8.20. The van der Waals surface area contributed by atoms with Gasteiger partial charge < -0.3 is 5.11 Å². The van der Waals surface area contributed by atoms with Gasteiger partial charge in [-0.25, -0.2) is 5.06 Å². The fourth-order valence-corrected chi connectivity index (χ4v) is 2.56. The van der Waals surface area contributed by atoms with Crippen molar-refractivity contribution in [1.29, 1.82) is 0 Å². The first-order chi connectivity index (χ1) is 8.25. The molecule has 90 valence electrons. The lowest BCUT2D eigenvalue weighted by atomic mass is 9.97. The minimum atomic E-state index is -0.473. The first-order valence-corrected chi connectivity index (χ1v) is 6.17. The summed E-state index contributed by atoms with van der Waals surface area (Å²) < 4.78 is 0. The number of rotatable bonds is 2. The molecule has 1 aromatic rings. The van der Waals surface area contributed by atoms with E-state index in [4.69, 9.17) is 4.84 Å². The van der Waals surface area contributed by atoms with Crippen LogP contribution in [0.4, 0.5) is 5.69 Å². The molecule has 0 radical (unpaired) electrons.